The zero-order valence-electron chi connectivity index (χ0n) is 11.5. The van der Waals surface area contributed by atoms with Gasteiger partial charge in [0.2, 0.25) is 11.5 Å². The van der Waals surface area contributed by atoms with Crippen molar-refractivity contribution < 1.29 is 9.18 Å². The minimum atomic E-state index is -0.282. The second kappa shape index (κ2) is 5.16. The van der Waals surface area contributed by atoms with E-state index in [9.17, 15) is 14.0 Å². The number of hydrogen-bond acceptors (Lipinski definition) is 2. The molecule has 3 rings (SSSR count). The minimum Gasteiger partial charge on any atom is -0.327 e. The second-order valence-electron chi connectivity index (χ2n) is 5.39. The zero-order chi connectivity index (χ0) is 15.0. The van der Waals surface area contributed by atoms with Crippen molar-refractivity contribution in [3.05, 3.63) is 63.8 Å². The van der Waals surface area contributed by atoms with Gasteiger partial charge in [-0.25, -0.2) is 4.39 Å². The number of aromatic amines is 1. The molecule has 5 heteroatoms. The molecule has 1 saturated carbocycles. The molecule has 0 spiro atoms. The molecule has 108 valence electrons. The van der Waals surface area contributed by atoms with Crippen LogP contribution in [0.4, 0.5) is 10.1 Å². The number of H-pyrrole nitrogens is 1. The van der Waals surface area contributed by atoms with Crippen LogP contribution in [0.3, 0.4) is 0 Å². The molecule has 1 aromatic carbocycles. The quantitative estimate of drug-likeness (QED) is 0.911. The molecule has 2 aromatic rings. The van der Waals surface area contributed by atoms with Crippen LogP contribution in [0.15, 0.2) is 41.3 Å². The Labute approximate surface area is 121 Å². The molecular weight excluding hydrogens is 271 g/mol. The zero-order valence-corrected chi connectivity index (χ0v) is 11.5. The summed E-state index contributed by atoms with van der Waals surface area (Å²) in [5, 5.41) is 2.81. The first kappa shape index (κ1) is 13.5. The summed E-state index contributed by atoms with van der Waals surface area (Å²) in [4.78, 5) is 25.9. The molecule has 1 aliphatic rings. The molecule has 1 fully saturated rings. The van der Waals surface area contributed by atoms with Crippen molar-refractivity contribution >= 4 is 11.6 Å². The Bertz CT molecular complexity index is 754. The first-order valence-electron chi connectivity index (χ1n) is 6.80. The van der Waals surface area contributed by atoms with Crippen molar-refractivity contribution in [3.63, 3.8) is 0 Å². The van der Waals surface area contributed by atoms with Gasteiger partial charge >= 0.3 is 0 Å². The molecule has 4 nitrogen and oxygen atoms in total. The molecule has 0 saturated heterocycles. The number of pyridine rings is 1. The Balaban J connectivity index is 1.69. The highest BCUT2D eigenvalue weighted by Gasteiger charge is 2.44. The highest BCUT2D eigenvalue weighted by Crippen LogP contribution is 2.48. The maximum atomic E-state index is 13.2. The molecule has 1 aromatic heterocycles. The Hall–Kier alpha value is -2.43. The first-order valence-corrected chi connectivity index (χ1v) is 6.80. The molecule has 2 N–H and O–H groups in total. The number of rotatable bonds is 3. The van der Waals surface area contributed by atoms with Gasteiger partial charge in [0.05, 0.1) is 5.69 Å². The van der Waals surface area contributed by atoms with Crippen LogP contribution in [0.1, 0.15) is 23.5 Å². The monoisotopic (exact) mass is 286 g/mol. The largest absolute Gasteiger partial charge is 0.327 e. The summed E-state index contributed by atoms with van der Waals surface area (Å²) in [6, 6.07) is 7.80. The number of carbonyl (C=O) groups is 1. The van der Waals surface area contributed by atoms with Gasteiger partial charge in [0.1, 0.15) is 5.82 Å². The average Bonchev–Trinajstić information content (AvgIpc) is 3.22. The molecule has 2 atom stereocenters. The lowest BCUT2D eigenvalue weighted by Gasteiger charge is -2.07. The summed E-state index contributed by atoms with van der Waals surface area (Å²) < 4.78 is 13.2. The number of amides is 1. The fraction of sp³-hybridized carbons (Fsp3) is 0.250. The standard InChI is InChI=1S/C16H15FN2O2/c1-9-5-15(20)18-8-14(9)19-16(21)13-7-12(13)10-3-2-4-11(17)6-10/h2-6,8,12-13H,7H2,1H3,(H,18,20)(H,19,21)/t12-,13-/m0/s1. The van der Waals surface area contributed by atoms with E-state index in [1.807, 2.05) is 6.07 Å². The number of benzene rings is 1. The maximum absolute atomic E-state index is 13.2. The lowest BCUT2D eigenvalue weighted by Crippen LogP contribution is -2.17. The third-order valence-corrected chi connectivity index (χ3v) is 3.79. The van der Waals surface area contributed by atoms with Crippen LogP contribution in [0.2, 0.25) is 0 Å². The van der Waals surface area contributed by atoms with Gasteiger partial charge in [0.25, 0.3) is 0 Å². The van der Waals surface area contributed by atoms with E-state index in [0.717, 1.165) is 17.5 Å². The van der Waals surface area contributed by atoms with Gasteiger partial charge in [-0.2, -0.15) is 0 Å². The van der Waals surface area contributed by atoms with Crippen molar-refractivity contribution in [1.29, 1.82) is 0 Å². The molecule has 0 bridgehead atoms. The number of aromatic nitrogens is 1. The predicted octanol–water partition coefficient (Wildman–Crippen LogP) is 2.56. The summed E-state index contributed by atoms with van der Waals surface area (Å²) >= 11 is 0. The third kappa shape index (κ3) is 2.86. The lowest BCUT2D eigenvalue weighted by atomic mass is 10.1. The first-order chi connectivity index (χ1) is 10.0. The Morgan fingerprint density at radius 1 is 1.38 bits per heavy atom. The van der Waals surface area contributed by atoms with E-state index in [-0.39, 0.29) is 29.1 Å². The molecule has 1 aliphatic carbocycles. The highest BCUT2D eigenvalue weighted by molar-refractivity contribution is 5.95. The molecule has 0 radical (unpaired) electrons. The average molecular weight is 286 g/mol. The van der Waals surface area contributed by atoms with E-state index in [1.54, 1.807) is 13.0 Å². The molecule has 21 heavy (non-hydrogen) atoms. The van der Waals surface area contributed by atoms with Crippen molar-refractivity contribution in [2.75, 3.05) is 5.32 Å². The SMILES string of the molecule is Cc1cc(=O)[nH]cc1NC(=O)[C@H]1C[C@H]1c1cccc(F)c1. The van der Waals surface area contributed by atoms with Crippen LogP contribution in [0.5, 0.6) is 0 Å². The van der Waals surface area contributed by atoms with Crippen LogP contribution in [0, 0.1) is 18.7 Å². The van der Waals surface area contributed by atoms with Crippen molar-refractivity contribution in [2.45, 2.75) is 19.3 Å². The third-order valence-electron chi connectivity index (χ3n) is 3.79. The van der Waals surface area contributed by atoms with Gasteiger partial charge in [-0.3, -0.25) is 9.59 Å². The van der Waals surface area contributed by atoms with Gasteiger partial charge in [0.15, 0.2) is 0 Å². The number of hydrogen-bond donors (Lipinski definition) is 2. The predicted molar refractivity (Wildman–Crippen MR) is 77.7 cm³/mol. The van der Waals surface area contributed by atoms with E-state index >= 15 is 0 Å². The Morgan fingerprint density at radius 2 is 2.19 bits per heavy atom. The maximum Gasteiger partial charge on any atom is 0.248 e. The molecule has 0 unspecified atom stereocenters. The molecule has 1 heterocycles. The fourth-order valence-corrected chi connectivity index (χ4v) is 2.52. The number of anilines is 1. The van der Waals surface area contributed by atoms with Crippen LogP contribution >= 0.6 is 0 Å². The summed E-state index contributed by atoms with van der Waals surface area (Å²) in [6.45, 7) is 1.77. The van der Waals surface area contributed by atoms with Crippen LogP contribution < -0.4 is 10.9 Å². The van der Waals surface area contributed by atoms with Crippen molar-refractivity contribution in [3.8, 4) is 0 Å². The van der Waals surface area contributed by atoms with Crippen LogP contribution in [0.25, 0.3) is 0 Å². The van der Waals surface area contributed by atoms with Crippen LogP contribution in [-0.4, -0.2) is 10.9 Å². The van der Waals surface area contributed by atoms with Crippen LogP contribution in [-0.2, 0) is 4.79 Å². The lowest BCUT2D eigenvalue weighted by molar-refractivity contribution is -0.117. The van der Waals surface area contributed by atoms with Gasteiger partial charge < -0.3 is 10.3 Å². The minimum absolute atomic E-state index is 0.0729. The number of halogens is 1. The Kier molecular flexibility index (Phi) is 3.33. The summed E-state index contributed by atoms with van der Waals surface area (Å²) in [6.07, 6.45) is 2.22. The summed E-state index contributed by atoms with van der Waals surface area (Å²) in [7, 11) is 0. The summed E-state index contributed by atoms with van der Waals surface area (Å²) in [5.41, 5.74) is 1.97. The highest BCUT2D eigenvalue weighted by atomic mass is 19.1. The molecule has 1 amide bonds. The normalized spacial score (nSPS) is 20.1. The number of aryl methyl sites for hydroxylation is 1. The van der Waals surface area contributed by atoms with Gasteiger partial charge in [-0.15, -0.1) is 0 Å². The number of nitrogens with one attached hydrogen (secondary N) is 2. The smallest absolute Gasteiger partial charge is 0.248 e. The van der Waals surface area contributed by atoms with Gasteiger partial charge in [-0.1, -0.05) is 12.1 Å². The summed E-state index contributed by atoms with van der Waals surface area (Å²) in [5.74, 6) is -0.448. The Morgan fingerprint density at radius 3 is 2.90 bits per heavy atom. The van der Waals surface area contributed by atoms with E-state index in [4.69, 9.17) is 0 Å². The number of carbonyl (C=O) groups excluding carboxylic acids is 1. The van der Waals surface area contributed by atoms with Gasteiger partial charge in [-0.05, 0) is 42.5 Å². The van der Waals surface area contributed by atoms with E-state index in [2.05, 4.69) is 10.3 Å². The topological polar surface area (TPSA) is 62.0 Å². The van der Waals surface area contributed by atoms with E-state index < -0.39 is 0 Å². The van der Waals surface area contributed by atoms with Crippen molar-refractivity contribution in [1.82, 2.24) is 4.98 Å². The molecule has 0 aliphatic heterocycles. The van der Waals surface area contributed by atoms with Gasteiger partial charge in [0, 0.05) is 18.2 Å². The van der Waals surface area contributed by atoms with E-state index in [1.165, 1.54) is 24.4 Å². The van der Waals surface area contributed by atoms with E-state index in [0.29, 0.717) is 5.69 Å². The molecular formula is C16H15FN2O2. The second-order valence-corrected chi connectivity index (χ2v) is 5.39. The fourth-order valence-electron chi connectivity index (χ4n) is 2.52. The van der Waals surface area contributed by atoms with Crippen molar-refractivity contribution in [2.24, 2.45) is 5.92 Å².